The van der Waals surface area contributed by atoms with Crippen LogP contribution < -0.4 is 5.73 Å². The molecule has 0 aliphatic heterocycles. The van der Waals surface area contributed by atoms with Crippen LogP contribution in [0.3, 0.4) is 0 Å². The number of pyridine rings is 1. The summed E-state index contributed by atoms with van der Waals surface area (Å²) in [6.45, 7) is 6.65. The molecule has 6 nitrogen and oxygen atoms in total. The molecule has 0 unspecified atom stereocenters. The summed E-state index contributed by atoms with van der Waals surface area (Å²) in [5, 5.41) is 6.71. The number of aromatic amines is 1. The van der Waals surface area contributed by atoms with Crippen LogP contribution in [0, 0.1) is 13.8 Å². The van der Waals surface area contributed by atoms with E-state index in [0.29, 0.717) is 24.5 Å². The van der Waals surface area contributed by atoms with Crippen LogP contribution in [-0.2, 0) is 6.54 Å². The number of amides is 1. The molecule has 0 saturated heterocycles. The largest absolute Gasteiger partial charge is 0.395 e. The third kappa shape index (κ3) is 2.79. The monoisotopic (exact) mass is 273 g/mol. The van der Waals surface area contributed by atoms with E-state index in [1.807, 2.05) is 32.0 Å². The van der Waals surface area contributed by atoms with Crippen molar-refractivity contribution in [3.8, 4) is 0 Å². The van der Waals surface area contributed by atoms with Crippen LogP contribution in [0.15, 0.2) is 18.2 Å². The van der Waals surface area contributed by atoms with Crippen molar-refractivity contribution in [1.29, 1.82) is 0 Å². The standard InChI is InChI=1S/C14H19N5O/c1-4-19(8-11-7-5-6-9(2)16-11)14(20)13-12(15)10(3)17-18-13/h5-7H,4,8,15H2,1-3H3,(H,17,18). The molecule has 2 heterocycles. The van der Waals surface area contributed by atoms with Crippen LogP contribution in [-0.4, -0.2) is 32.5 Å². The Hall–Kier alpha value is -2.37. The lowest BCUT2D eigenvalue weighted by atomic mass is 10.2. The van der Waals surface area contributed by atoms with Gasteiger partial charge in [-0.15, -0.1) is 0 Å². The van der Waals surface area contributed by atoms with Gasteiger partial charge in [0.25, 0.3) is 5.91 Å². The summed E-state index contributed by atoms with van der Waals surface area (Å²) < 4.78 is 0. The Balaban J connectivity index is 2.20. The number of rotatable bonds is 4. The number of nitrogens with two attached hydrogens (primary N) is 1. The number of carbonyl (C=O) groups is 1. The molecule has 2 aromatic rings. The van der Waals surface area contributed by atoms with Gasteiger partial charge in [-0.2, -0.15) is 5.10 Å². The van der Waals surface area contributed by atoms with Gasteiger partial charge in [0, 0.05) is 12.2 Å². The van der Waals surface area contributed by atoms with Crippen LogP contribution in [0.2, 0.25) is 0 Å². The fourth-order valence-electron chi connectivity index (χ4n) is 1.96. The molecule has 2 aromatic heterocycles. The van der Waals surface area contributed by atoms with Gasteiger partial charge in [-0.25, -0.2) is 0 Å². The minimum Gasteiger partial charge on any atom is -0.395 e. The van der Waals surface area contributed by atoms with Crippen LogP contribution in [0.4, 0.5) is 5.69 Å². The summed E-state index contributed by atoms with van der Waals surface area (Å²) in [6.07, 6.45) is 0. The van der Waals surface area contributed by atoms with Crippen molar-refractivity contribution >= 4 is 11.6 Å². The average molecular weight is 273 g/mol. The minimum atomic E-state index is -0.183. The first kappa shape index (κ1) is 14.0. The molecule has 3 N–H and O–H groups in total. The fraction of sp³-hybridized carbons (Fsp3) is 0.357. The molecule has 20 heavy (non-hydrogen) atoms. The van der Waals surface area contributed by atoms with E-state index in [4.69, 9.17) is 5.73 Å². The van der Waals surface area contributed by atoms with E-state index in [1.165, 1.54) is 0 Å². The highest BCUT2D eigenvalue weighted by Crippen LogP contribution is 2.16. The topological polar surface area (TPSA) is 87.9 Å². The maximum Gasteiger partial charge on any atom is 0.276 e. The lowest BCUT2D eigenvalue weighted by Crippen LogP contribution is -2.31. The number of hydrogen-bond acceptors (Lipinski definition) is 4. The molecule has 0 aliphatic rings. The third-order valence-corrected chi connectivity index (χ3v) is 3.16. The van der Waals surface area contributed by atoms with Crippen LogP contribution in [0.25, 0.3) is 0 Å². The maximum absolute atomic E-state index is 12.4. The number of nitrogens with one attached hydrogen (secondary N) is 1. The summed E-state index contributed by atoms with van der Waals surface area (Å²) in [5.41, 5.74) is 9.03. The average Bonchev–Trinajstić information content (AvgIpc) is 2.76. The second-order valence-corrected chi connectivity index (χ2v) is 4.70. The van der Waals surface area contributed by atoms with E-state index in [9.17, 15) is 4.79 Å². The van der Waals surface area contributed by atoms with Gasteiger partial charge in [-0.3, -0.25) is 14.9 Å². The second kappa shape index (κ2) is 5.73. The Morgan fingerprint density at radius 1 is 1.40 bits per heavy atom. The Morgan fingerprint density at radius 2 is 2.15 bits per heavy atom. The number of aromatic nitrogens is 3. The van der Waals surface area contributed by atoms with Gasteiger partial charge < -0.3 is 10.6 Å². The molecule has 0 radical (unpaired) electrons. The highest BCUT2D eigenvalue weighted by atomic mass is 16.2. The molecule has 0 saturated carbocycles. The first-order valence-corrected chi connectivity index (χ1v) is 6.55. The van der Waals surface area contributed by atoms with Crippen LogP contribution in [0.1, 0.15) is 34.5 Å². The number of H-pyrrole nitrogens is 1. The van der Waals surface area contributed by atoms with E-state index in [-0.39, 0.29) is 11.6 Å². The van der Waals surface area contributed by atoms with Crippen molar-refractivity contribution < 1.29 is 4.79 Å². The molecule has 0 aromatic carbocycles. The molecular formula is C14H19N5O. The van der Waals surface area contributed by atoms with Crippen molar-refractivity contribution in [1.82, 2.24) is 20.1 Å². The Morgan fingerprint density at radius 3 is 2.70 bits per heavy atom. The maximum atomic E-state index is 12.4. The van der Waals surface area contributed by atoms with Gasteiger partial charge in [0.15, 0.2) is 5.69 Å². The number of anilines is 1. The van der Waals surface area contributed by atoms with Crippen molar-refractivity contribution in [3.05, 3.63) is 41.0 Å². The van der Waals surface area contributed by atoms with Crippen LogP contribution in [0.5, 0.6) is 0 Å². The van der Waals surface area contributed by atoms with Crippen LogP contribution >= 0.6 is 0 Å². The summed E-state index contributed by atoms with van der Waals surface area (Å²) in [5.74, 6) is -0.183. The molecule has 2 rings (SSSR count). The molecule has 0 bridgehead atoms. The van der Waals surface area contributed by atoms with Crippen molar-refractivity contribution in [3.63, 3.8) is 0 Å². The lowest BCUT2D eigenvalue weighted by Gasteiger charge is -2.19. The summed E-state index contributed by atoms with van der Waals surface area (Å²) in [6, 6.07) is 5.77. The molecule has 6 heteroatoms. The van der Waals surface area contributed by atoms with E-state index in [1.54, 1.807) is 11.8 Å². The number of aryl methyl sites for hydroxylation is 2. The molecule has 0 aliphatic carbocycles. The quantitative estimate of drug-likeness (QED) is 0.887. The van der Waals surface area contributed by atoms with Gasteiger partial charge in [0.05, 0.1) is 23.6 Å². The highest BCUT2D eigenvalue weighted by molar-refractivity contribution is 5.97. The van der Waals surface area contributed by atoms with E-state index < -0.39 is 0 Å². The fourth-order valence-corrected chi connectivity index (χ4v) is 1.96. The van der Waals surface area contributed by atoms with E-state index >= 15 is 0 Å². The van der Waals surface area contributed by atoms with Crippen molar-refractivity contribution in [2.24, 2.45) is 0 Å². The van der Waals surface area contributed by atoms with Gasteiger partial charge in [-0.1, -0.05) is 6.07 Å². The number of nitrogen functional groups attached to an aromatic ring is 1. The SMILES string of the molecule is CCN(Cc1cccc(C)n1)C(=O)c1n[nH]c(C)c1N. The Kier molecular flexibility index (Phi) is 4.02. The number of nitrogens with zero attached hydrogens (tertiary/aromatic N) is 3. The Bertz CT molecular complexity index is 620. The molecule has 0 atom stereocenters. The van der Waals surface area contributed by atoms with Gasteiger partial charge in [0.2, 0.25) is 0 Å². The molecular weight excluding hydrogens is 254 g/mol. The summed E-state index contributed by atoms with van der Waals surface area (Å²) in [4.78, 5) is 18.5. The van der Waals surface area contributed by atoms with E-state index in [0.717, 1.165) is 11.4 Å². The molecule has 0 spiro atoms. The predicted octanol–water partition coefficient (Wildman–Crippen LogP) is 1.67. The molecule has 0 fully saturated rings. The second-order valence-electron chi connectivity index (χ2n) is 4.70. The zero-order valence-corrected chi connectivity index (χ0v) is 12.0. The first-order valence-electron chi connectivity index (χ1n) is 6.55. The third-order valence-electron chi connectivity index (χ3n) is 3.16. The smallest absolute Gasteiger partial charge is 0.276 e. The summed E-state index contributed by atoms with van der Waals surface area (Å²) >= 11 is 0. The molecule has 1 amide bonds. The first-order chi connectivity index (χ1) is 9.52. The van der Waals surface area contributed by atoms with Crippen molar-refractivity contribution in [2.75, 3.05) is 12.3 Å². The zero-order chi connectivity index (χ0) is 14.7. The minimum absolute atomic E-state index is 0.183. The number of hydrogen-bond donors (Lipinski definition) is 2. The van der Waals surface area contributed by atoms with E-state index in [2.05, 4.69) is 15.2 Å². The normalized spacial score (nSPS) is 10.6. The zero-order valence-electron chi connectivity index (χ0n) is 12.0. The lowest BCUT2D eigenvalue weighted by molar-refractivity contribution is 0.0745. The van der Waals surface area contributed by atoms with Gasteiger partial charge in [-0.05, 0) is 32.9 Å². The van der Waals surface area contributed by atoms with Gasteiger partial charge >= 0.3 is 0 Å². The Labute approximate surface area is 118 Å². The highest BCUT2D eigenvalue weighted by Gasteiger charge is 2.21. The van der Waals surface area contributed by atoms with Crippen molar-refractivity contribution in [2.45, 2.75) is 27.3 Å². The predicted molar refractivity (Wildman–Crippen MR) is 77.1 cm³/mol. The van der Waals surface area contributed by atoms with Gasteiger partial charge in [0.1, 0.15) is 0 Å². The summed E-state index contributed by atoms with van der Waals surface area (Å²) in [7, 11) is 0. The number of carbonyl (C=O) groups excluding carboxylic acids is 1. The molecule has 106 valence electrons.